The monoisotopic (exact) mass is 246 g/mol. The zero-order valence-electron chi connectivity index (χ0n) is 11.0. The molecule has 0 heterocycles. The molecule has 0 atom stereocenters. The van der Waals surface area contributed by atoms with Gasteiger partial charge in [-0.05, 0) is 12.3 Å². The molecular formula is C12H26O3Si. The average molecular weight is 246 g/mol. The van der Waals surface area contributed by atoms with Gasteiger partial charge in [0.15, 0.2) is 0 Å². The minimum atomic E-state index is -2.32. The van der Waals surface area contributed by atoms with E-state index >= 15 is 0 Å². The van der Waals surface area contributed by atoms with E-state index in [0.717, 1.165) is 12.0 Å². The maximum Gasteiger partial charge on any atom is 0.500 e. The van der Waals surface area contributed by atoms with Crippen LogP contribution in [0, 0.1) is 5.92 Å². The van der Waals surface area contributed by atoms with Crippen LogP contribution in [0.4, 0.5) is 0 Å². The van der Waals surface area contributed by atoms with Crippen LogP contribution in [0.15, 0.2) is 0 Å². The summed E-state index contributed by atoms with van der Waals surface area (Å²) in [5.74, 6) is 0.856. The van der Waals surface area contributed by atoms with E-state index in [4.69, 9.17) is 13.3 Å². The van der Waals surface area contributed by atoms with Crippen LogP contribution < -0.4 is 0 Å². The first-order chi connectivity index (χ1) is 7.76. The number of hydrogen-bond acceptors (Lipinski definition) is 3. The average Bonchev–Trinajstić information content (AvgIpc) is 2.60. The minimum Gasteiger partial charge on any atom is -0.377 e. The van der Waals surface area contributed by atoms with Gasteiger partial charge in [0.05, 0.1) is 0 Å². The van der Waals surface area contributed by atoms with E-state index in [0.29, 0.717) is 0 Å². The van der Waals surface area contributed by atoms with Gasteiger partial charge in [0.1, 0.15) is 0 Å². The molecule has 0 aromatic heterocycles. The van der Waals surface area contributed by atoms with Crippen LogP contribution in [-0.4, -0.2) is 30.1 Å². The highest BCUT2D eigenvalue weighted by molar-refractivity contribution is 6.60. The van der Waals surface area contributed by atoms with Crippen molar-refractivity contribution in [2.24, 2.45) is 5.92 Å². The van der Waals surface area contributed by atoms with Gasteiger partial charge in [-0.3, -0.25) is 0 Å². The summed E-state index contributed by atoms with van der Waals surface area (Å²) in [5.41, 5.74) is 0. The zero-order valence-corrected chi connectivity index (χ0v) is 12.0. The summed E-state index contributed by atoms with van der Waals surface area (Å²) >= 11 is 0. The highest BCUT2D eigenvalue weighted by Crippen LogP contribution is 2.29. The van der Waals surface area contributed by atoms with Gasteiger partial charge in [-0.2, -0.15) is 0 Å². The van der Waals surface area contributed by atoms with Crippen molar-refractivity contribution in [2.45, 2.75) is 51.0 Å². The summed E-state index contributed by atoms with van der Waals surface area (Å²) < 4.78 is 16.4. The highest BCUT2D eigenvalue weighted by Gasteiger charge is 2.37. The van der Waals surface area contributed by atoms with E-state index in [1.54, 1.807) is 21.3 Å². The third-order valence-corrected chi connectivity index (χ3v) is 6.53. The molecule has 1 fully saturated rings. The fraction of sp³-hybridized carbons (Fsp3) is 1.00. The molecule has 0 spiro atoms. The van der Waals surface area contributed by atoms with Crippen molar-refractivity contribution in [3.05, 3.63) is 0 Å². The lowest BCUT2D eigenvalue weighted by Crippen LogP contribution is -2.42. The summed E-state index contributed by atoms with van der Waals surface area (Å²) in [6.07, 6.45) is 9.57. The molecule has 0 aliphatic heterocycles. The normalized spacial score (nSPS) is 19.7. The Balaban J connectivity index is 2.35. The maximum atomic E-state index is 5.45. The van der Waals surface area contributed by atoms with Crippen molar-refractivity contribution in [3.63, 3.8) is 0 Å². The van der Waals surface area contributed by atoms with Gasteiger partial charge in [0, 0.05) is 27.4 Å². The molecular weight excluding hydrogens is 220 g/mol. The summed E-state index contributed by atoms with van der Waals surface area (Å²) in [6.45, 7) is 0. The molecule has 3 nitrogen and oxygen atoms in total. The van der Waals surface area contributed by atoms with E-state index in [1.807, 2.05) is 0 Å². The van der Waals surface area contributed by atoms with Gasteiger partial charge in [0.2, 0.25) is 0 Å². The van der Waals surface area contributed by atoms with Crippen molar-refractivity contribution in [1.29, 1.82) is 0 Å². The summed E-state index contributed by atoms with van der Waals surface area (Å²) in [4.78, 5) is 0. The van der Waals surface area contributed by atoms with Crippen LogP contribution in [0.3, 0.4) is 0 Å². The number of hydrogen-bond donors (Lipinski definition) is 0. The second-order valence-corrected chi connectivity index (χ2v) is 7.78. The van der Waals surface area contributed by atoms with Gasteiger partial charge in [-0.25, -0.2) is 0 Å². The van der Waals surface area contributed by atoms with Crippen LogP contribution in [0.5, 0.6) is 0 Å². The Labute approximate surface area is 101 Å². The molecule has 0 bridgehead atoms. The largest absolute Gasteiger partial charge is 0.500 e. The van der Waals surface area contributed by atoms with Crippen LogP contribution in [0.25, 0.3) is 0 Å². The standard InChI is InChI=1S/C12H26O3Si/c1-13-16(14-2,15-3)11-10-12-8-6-4-5-7-9-12/h12H,4-11H2,1-3H3. The first-order valence-electron chi connectivity index (χ1n) is 6.42. The predicted octanol–water partition coefficient (Wildman–Crippen LogP) is 3.23. The Hall–Kier alpha value is 0.0969. The molecule has 1 rings (SSSR count). The molecule has 16 heavy (non-hydrogen) atoms. The van der Waals surface area contributed by atoms with Crippen LogP contribution in [0.1, 0.15) is 44.9 Å². The first kappa shape index (κ1) is 14.2. The van der Waals surface area contributed by atoms with Gasteiger partial charge >= 0.3 is 8.80 Å². The first-order valence-corrected chi connectivity index (χ1v) is 8.35. The van der Waals surface area contributed by atoms with Crippen molar-refractivity contribution >= 4 is 8.80 Å². The third-order valence-electron chi connectivity index (χ3n) is 3.77. The highest BCUT2D eigenvalue weighted by atomic mass is 28.4. The molecule has 0 N–H and O–H groups in total. The van der Waals surface area contributed by atoms with Crippen LogP contribution in [0.2, 0.25) is 6.04 Å². The van der Waals surface area contributed by atoms with Crippen LogP contribution >= 0.6 is 0 Å². The molecule has 1 aliphatic rings. The molecule has 1 saturated carbocycles. The second kappa shape index (κ2) is 7.43. The molecule has 0 aromatic rings. The Bertz CT molecular complexity index is 167. The fourth-order valence-corrected chi connectivity index (χ4v) is 4.46. The topological polar surface area (TPSA) is 27.7 Å². The van der Waals surface area contributed by atoms with Gasteiger partial charge < -0.3 is 13.3 Å². The third kappa shape index (κ3) is 4.16. The van der Waals surface area contributed by atoms with E-state index in [-0.39, 0.29) is 0 Å². The van der Waals surface area contributed by atoms with E-state index < -0.39 is 8.80 Å². The van der Waals surface area contributed by atoms with E-state index in [1.165, 1.54) is 44.9 Å². The molecule has 1 aliphatic carbocycles. The van der Waals surface area contributed by atoms with Crippen LogP contribution in [-0.2, 0) is 13.3 Å². The minimum absolute atomic E-state index is 0.856. The van der Waals surface area contributed by atoms with Gasteiger partial charge in [-0.1, -0.05) is 38.5 Å². The SMILES string of the molecule is CO[Si](CCC1CCCCCC1)(OC)OC. The summed E-state index contributed by atoms with van der Waals surface area (Å²) in [7, 11) is 2.78. The van der Waals surface area contributed by atoms with E-state index in [9.17, 15) is 0 Å². The van der Waals surface area contributed by atoms with Crippen molar-refractivity contribution in [1.82, 2.24) is 0 Å². The molecule has 0 aromatic carbocycles. The summed E-state index contributed by atoms with van der Waals surface area (Å²) in [5, 5.41) is 0. The molecule has 0 unspecified atom stereocenters. The van der Waals surface area contributed by atoms with Crippen molar-refractivity contribution < 1.29 is 13.3 Å². The lowest BCUT2D eigenvalue weighted by molar-refractivity contribution is 0.121. The zero-order chi connectivity index (χ0) is 11.9. The van der Waals surface area contributed by atoms with Crippen molar-refractivity contribution in [2.75, 3.05) is 21.3 Å². The quantitative estimate of drug-likeness (QED) is 0.532. The molecule has 0 radical (unpaired) electrons. The second-order valence-electron chi connectivity index (χ2n) is 4.69. The molecule has 0 amide bonds. The Morgan fingerprint density at radius 3 is 1.81 bits per heavy atom. The van der Waals surface area contributed by atoms with Crippen molar-refractivity contribution in [3.8, 4) is 0 Å². The molecule has 4 heteroatoms. The number of rotatable bonds is 6. The fourth-order valence-electron chi connectivity index (χ4n) is 2.59. The van der Waals surface area contributed by atoms with E-state index in [2.05, 4.69) is 0 Å². The predicted molar refractivity (Wildman–Crippen MR) is 67.4 cm³/mol. The maximum absolute atomic E-state index is 5.45. The Morgan fingerprint density at radius 2 is 1.38 bits per heavy atom. The molecule has 96 valence electrons. The Morgan fingerprint density at radius 1 is 0.875 bits per heavy atom. The van der Waals surface area contributed by atoms with Gasteiger partial charge in [0.25, 0.3) is 0 Å². The van der Waals surface area contributed by atoms with Gasteiger partial charge in [-0.15, -0.1) is 0 Å². The summed E-state index contributed by atoms with van der Waals surface area (Å²) in [6, 6.07) is 0.959. The smallest absolute Gasteiger partial charge is 0.377 e. The lowest BCUT2D eigenvalue weighted by Gasteiger charge is -2.26. The molecule has 0 saturated heterocycles. The lowest BCUT2D eigenvalue weighted by atomic mass is 9.98. The Kier molecular flexibility index (Phi) is 6.57.